The van der Waals surface area contributed by atoms with Crippen molar-refractivity contribution in [3.63, 3.8) is 0 Å². The van der Waals surface area contributed by atoms with E-state index in [2.05, 4.69) is 5.32 Å². The van der Waals surface area contributed by atoms with Gasteiger partial charge in [-0.3, -0.25) is 4.79 Å². The molecule has 0 bridgehead atoms. The lowest BCUT2D eigenvalue weighted by molar-refractivity contribution is -0.361. The molecule has 1 aromatic carbocycles. The first-order chi connectivity index (χ1) is 11.8. The van der Waals surface area contributed by atoms with Gasteiger partial charge in [0.2, 0.25) is 12.2 Å². The van der Waals surface area contributed by atoms with Crippen molar-refractivity contribution in [1.29, 1.82) is 0 Å². The molecule has 2 heterocycles. The molecule has 2 N–H and O–H groups in total. The Kier molecular flexibility index (Phi) is 5.22. The first-order valence-corrected chi connectivity index (χ1v) is 8.48. The monoisotopic (exact) mass is 371 g/mol. The van der Waals surface area contributed by atoms with Crippen LogP contribution < -0.4 is 10.1 Å². The zero-order valence-electron chi connectivity index (χ0n) is 14.3. The molecule has 3 rings (SSSR count). The predicted octanol–water partition coefficient (Wildman–Crippen LogP) is 1.46. The number of ether oxygens (including phenoxy) is 4. The van der Waals surface area contributed by atoms with Crippen LogP contribution in [0, 0.1) is 0 Å². The molecular formula is C17H22ClNO6. The summed E-state index contributed by atoms with van der Waals surface area (Å²) in [5.74, 6) is -0.763. The van der Waals surface area contributed by atoms with Gasteiger partial charge in [0.1, 0.15) is 30.1 Å². The zero-order valence-corrected chi connectivity index (χ0v) is 15.0. The van der Waals surface area contributed by atoms with E-state index < -0.39 is 36.4 Å². The number of halogens is 1. The minimum Gasteiger partial charge on any atom is -0.461 e. The van der Waals surface area contributed by atoms with Crippen molar-refractivity contribution < 1.29 is 28.8 Å². The van der Waals surface area contributed by atoms with E-state index >= 15 is 0 Å². The van der Waals surface area contributed by atoms with Crippen LogP contribution in [0.1, 0.15) is 20.8 Å². The highest BCUT2D eigenvalue weighted by atomic mass is 35.5. The number of para-hydroxylation sites is 1. The molecule has 2 saturated heterocycles. The summed E-state index contributed by atoms with van der Waals surface area (Å²) in [4.78, 5) is 11.6. The Morgan fingerprint density at radius 3 is 2.80 bits per heavy atom. The Morgan fingerprint density at radius 1 is 1.40 bits per heavy atom. The second-order valence-electron chi connectivity index (χ2n) is 6.60. The first-order valence-electron chi connectivity index (χ1n) is 8.10. The van der Waals surface area contributed by atoms with Gasteiger partial charge in [0.25, 0.3) is 0 Å². The van der Waals surface area contributed by atoms with E-state index in [0.29, 0.717) is 10.8 Å². The maximum absolute atomic E-state index is 11.6. The summed E-state index contributed by atoms with van der Waals surface area (Å²) in [6.45, 7) is 5.12. The Labute approximate surface area is 151 Å². The Bertz CT molecular complexity index is 639. The van der Waals surface area contributed by atoms with Gasteiger partial charge in [-0.05, 0) is 26.0 Å². The quantitative estimate of drug-likeness (QED) is 0.836. The van der Waals surface area contributed by atoms with Crippen molar-refractivity contribution in [2.75, 3.05) is 6.61 Å². The molecule has 0 radical (unpaired) electrons. The number of aliphatic hydroxyl groups is 1. The van der Waals surface area contributed by atoms with Gasteiger partial charge in [0, 0.05) is 6.92 Å². The highest BCUT2D eigenvalue weighted by Crippen LogP contribution is 2.34. The van der Waals surface area contributed by atoms with Crippen molar-refractivity contribution in [2.24, 2.45) is 0 Å². The lowest BCUT2D eigenvalue weighted by atomic mass is 9.95. The number of carbonyl (C=O) groups is 1. The van der Waals surface area contributed by atoms with Gasteiger partial charge in [-0.25, -0.2) is 0 Å². The highest BCUT2D eigenvalue weighted by Gasteiger charge is 2.52. The van der Waals surface area contributed by atoms with Crippen molar-refractivity contribution >= 4 is 17.5 Å². The van der Waals surface area contributed by atoms with Crippen LogP contribution in [0.15, 0.2) is 24.3 Å². The molecule has 138 valence electrons. The fourth-order valence-electron chi connectivity index (χ4n) is 3.00. The zero-order chi connectivity index (χ0) is 18.2. The van der Waals surface area contributed by atoms with E-state index in [-0.39, 0.29) is 12.5 Å². The molecule has 25 heavy (non-hydrogen) atoms. The molecule has 7 nitrogen and oxygen atoms in total. The minimum atomic E-state index is -1.03. The molecule has 0 aromatic heterocycles. The summed E-state index contributed by atoms with van der Waals surface area (Å²) >= 11 is 6.13. The average molecular weight is 372 g/mol. The number of rotatable bonds is 3. The van der Waals surface area contributed by atoms with Crippen LogP contribution in [0.25, 0.3) is 0 Å². The van der Waals surface area contributed by atoms with Gasteiger partial charge in [-0.2, -0.15) is 0 Å². The molecule has 5 atom stereocenters. The predicted molar refractivity (Wildman–Crippen MR) is 89.3 cm³/mol. The molecule has 0 unspecified atom stereocenters. The third-order valence-electron chi connectivity index (χ3n) is 4.14. The molecule has 8 heteroatoms. The van der Waals surface area contributed by atoms with Gasteiger partial charge < -0.3 is 29.4 Å². The van der Waals surface area contributed by atoms with Gasteiger partial charge in [-0.15, -0.1) is 0 Å². The highest BCUT2D eigenvalue weighted by molar-refractivity contribution is 6.32. The number of nitrogens with one attached hydrogen (secondary N) is 1. The van der Waals surface area contributed by atoms with Crippen LogP contribution in [0.3, 0.4) is 0 Å². The van der Waals surface area contributed by atoms with Crippen molar-refractivity contribution in [3.8, 4) is 5.75 Å². The third kappa shape index (κ3) is 4.07. The first kappa shape index (κ1) is 18.4. The van der Waals surface area contributed by atoms with Crippen LogP contribution in [-0.2, 0) is 19.0 Å². The third-order valence-corrected chi connectivity index (χ3v) is 4.45. The molecule has 2 fully saturated rings. The standard InChI is InChI=1S/C17H22ClNO6/c1-9(20)19-13-14(21)15-12(8-22-17(2,3)25-15)24-16(13)23-11-7-5-4-6-10(11)18/h4-7,12-16,21H,8H2,1-3H3,(H,19,20)/t12-,13+,14-,15+,16-/m1/s1. The lowest BCUT2D eigenvalue weighted by Gasteiger charge is -2.49. The van der Waals surface area contributed by atoms with Crippen LogP contribution in [0.2, 0.25) is 5.02 Å². The van der Waals surface area contributed by atoms with Gasteiger partial charge >= 0.3 is 0 Å². The maximum atomic E-state index is 11.6. The second kappa shape index (κ2) is 7.09. The van der Waals surface area contributed by atoms with Crippen molar-refractivity contribution in [3.05, 3.63) is 29.3 Å². The number of carbonyl (C=O) groups excluding carboxylic acids is 1. The van der Waals surface area contributed by atoms with E-state index in [9.17, 15) is 9.90 Å². The van der Waals surface area contributed by atoms with Crippen LogP contribution in [0.4, 0.5) is 0 Å². The summed E-state index contributed by atoms with van der Waals surface area (Å²) in [7, 11) is 0. The summed E-state index contributed by atoms with van der Waals surface area (Å²) in [6, 6.07) is 6.10. The van der Waals surface area contributed by atoms with Crippen molar-refractivity contribution in [2.45, 2.75) is 57.2 Å². The van der Waals surface area contributed by atoms with E-state index in [1.807, 2.05) is 0 Å². The van der Waals surface area contributed by atoms with Crippen LogP contribution in [-0.4, -0.2) is 54.1 Å². The minimum absolute atomic E-state index is 0.240. The van der Waals surface area contributed by atoms with Crippen LogP contribution in [0.5, 0.6) is 5.75 Å². The summed E-state index contributed by atoms with van der Waals surface area (Å²) < 4.78 is 23.1. The van der Waals surface area contributed by atoms with Gasteiger partial charge in [0.05, 0.1) is 11.6 Å². The number of hydrogen-bond acceptors (Lipinski definition) is 6. The molecule has 0 saturated carbocycles. The molecular weight excluding hydrogens is 350 g/mol. The lowest BCUT2D eigenvalue weighted by Crippen LogP contribution is -2.69. The Hall–Kier alpha value is -1.38. The van der Waals surface area contributed by atoms with E-state index in [0.717, 1.165) is 0 Å². The van der Waals surface area contributed by atoms with Gasteiger partial charge in [-0.1, -0.05) is 23.7 Å². The normalized spacial score (nSPS) is 34.0. The summed E-state index contributed by atoms with van der Waals surface area (Å²) in [5.41, 5.74) is 0. The van der Waals surface area contributed by atoms with Crippen LogP contribution >= 0.6 is 11.6 Å². The Balaban J connectivity index is 1.83. The number of amides is 1. The average Bonchev–Trinajstić information content (AvgIpc) is 2.53. The molecule has 1 amide bonds. The second-order valence-corrected chi connectivity index (χ2v) is 7.01. The number of benzene rings is 1. The number of fused-ring (bicyclic) bond motifs is 1. The molecule has 0 spiro atoms. The summed E-state index contributed by atoms with van der Waals surface area (Å²) in [5, 5.41) is 13.9. The van der Waals surface area contributed by atoms with E-state index in [1.54, 1.807) is 38.1 Å². The molecule has 1 aromatic rings. The Morgan fingerprint density at radius 2 is 2.12 bits per heavy atom. The fraction of sp³-hybridized carbons (Fsp3) is 0.588. The van der Waals surface area contributed by atoms with E-state index in [4.69, 9.17) is 30.5 Å². The van der Waals surface area contributed by atoms with E-state index in [1.165, 1.54) is 6.92 Å². The fourth-order valence-corrected chi connectivity index (χ4v) is 3.18. The number of hydrogen-bond donors (Lipinski definition) is 2. The SMILES string of the molecule is CC(=O)N[C@@H]1[C@H](Oc2ccccc2Cl)O[C@@H]2COC(C)(C)O[C@@H]2[C@@H]1O. The van der Waals surface area contributed by atoms with Crippen molar-refractivity contribution in [1.82, 2.24) is 5.32 Å². The smallest absolute Gasteiger partial charge is 0.223 e. The largest absolute Gasteiger partial charge is 0.461 e. The summed E-state index contributed by atoms with van der Waals surface area (Å²) in [6.07, 6.45) is -3.14. The molecule has 2 aliphatic rings. The maximum Gasteiger partial charge on any atom is 0.223 e. The topological polar surface area (TPSA) is 86.3 Å². The molecule has 0 aliphatic carbocycles. The van der Waals surface area contributed by atoms with Gasteiger partial charge in [0.15, 0.2) is 5.79 Å². The molecule has 2 aliphatic heterocycles. The number of aliphatic hydroxyl groups excluding tert-OH is 1.